The first kappa shape index (κ1) is 30.6. The molecule has 2 N–H and O–H groups in total. The van der Waals surface area contributed by atoms with Gasteiger partial charge in [-0.15, -0.1) is 0 Å². The molecule has 0 saturated carbocycles. The van der Waals surface area contributed by atoms with Crippen LogP contribution in [0.3, 0.4) is 0 Å². The highest BCUT2D eigenvalue weighted by atomic mass is 16.5. The second-order valence-electron chi connectivity index (χ2n) is 10.5. The molecule has 11 nitrogen and oxygen atoms in total. The van der Waals surface area contributed by atoms with Gasteiger partial charge in [-0.05, 0) is 79.9 Å². The van der Waals surface area contributed by atoms with E-state index in [1.807, 2.05) is 42.5 Å². The van der Waals surface area contributed by atoms with Crippen molar-refractivity contribution in [2.75, 3.05) is 46.3 Å². The molecule has 2 heterocycles. The minimum Gasteiger partial charge on any atom is -0.497 e. The topological polar surface area (TPSA) is 128 Å². The van der Waals surface area contributed by atoms with Gasteiger partial charge in [-0.3, -0.25) is 14.5 Å². The van der Waals surface area contributed by atoms with Crippen LogP contribution in [0.5, 0.6) is 17.2 Å². The third kappa shape index (κ3) is 7.54. The molecule has 3 aromatic carbocycles. The zero-order valence-corrected chi connectivity index (χ0v) is 25.2. The summed E-state index contributed by atoms with van der Waals surface area (Å²) >= 11 is 0. The average Bonchev–Trinajstić information content (AvgIpc) is 3.53. The number of rotatable bonds is 12. The molecule has 0 radical (unpaired) electrons. The summed E-state index contributed by atoms with van der Waals surface area (Å²) in [5.41, 5.74) is 2.74. The van der Waals surface area contributed by atoms with Crippen molar-refractivity contribution in [3.8, 4) is 28.6 Å². The van der Waals surface area contributed by atoms with Crippen LogP contribution in [0, 0.1) is 5.92 Å². The molecule has 1 fully saturated rings. The summed E-state index contributed by atoms with van der Waals surface area (Å²) in [5.74, 6) is 2.43. The Morgan fingerprint density at radius 1 is 0.977 bits per heavy atom. The van der Waals surface area contributed by atoms with Gasteiger partial charge in [0.25, 0.3) is 5.91 Å². The minimum absolute atomic E-state index is 0.121. The maximum atomic E-state index is 13.3. The summed E-state index contributed by atoms with van der Waals surface area (Å²) in [7, 11) is 4.80. The van der Waals surface area contributed by atoms with Crippen molar-refractivity contribution in [2.24, 2.45) is 5.92 Å². The second kappa shape index (κ2) is 14.5. The Bertz CT molecular complexity index is 1570. The highest BCUT2D eigenvalue weighted by molar-refractivity contribution is 6.04. The first-order valence-corrected chi connectivity index (χ1v) is 14.6. The summed E-state index contributed by atoms with van der Waals surface area (Å²) < 4.78 is 21.4. The third-order valence-corrected chi connectivity index (χ3v) is 7.63. The van der Waals surface area contributed by atoms with Crippen molar-refractivity contribution >= 4 is 17.5 Å². The van der Waals surface area contributed by atoms with E-state index < -0.39 is 0 Å². The van der Waals surface area contributed by atoms with Crippen molar-refractivity contribution in [1.82, 2.24) is 20.4 Å². The largest absolute Gasteiger partial charge is 0.497 e. The van der Waals surface area contributed by atoms with Gasteiger partial charge in [0.15, 0.2) is 11.5 Å². The lowest BCUT2D eigenvalue weighted by molar-refractivity contribution is -0.121. The van der Waals surface area contributed by atoms with Crippen molar-refractivity contribution in [1.29, 1.82) is 0 Å². The number of likely N-dealkylation sites (tertiary alicyclic amines) is 1. The maximum absolute atomic E-state index is 13.3. The van der Waals surface area contributed by atoms with Gasteiger partial charge >= 0.3 is 0 Å². The Hall–Kier alpha value is -4.90. The summed E-state index contributed by atoms with van der Waals surface area (Å²) in [6.07, 6.45) is 2.22. The molecule has 1 atom stereocenters. The van der Waals surface area contributed by atoms with E-state index >= 15 is 0 Å². The van der Waals surface area contributed by atoms with Crippen molar-refractivity contribution in [3.63, 3.8) is 0 Å². The average molecular weight is 600 g/mol. The lowest BCUT2D eigenvalue weighted by Gasteiger charge is -2.31. The number of nitrogens with zero attached hydrogens (tertiary/aromatic N) is 3. The number of hydrogen-bond donors (Lipinski definition) is 2. The predicted octanol–water partition coefficient (Wildman–Crippen LogP) is 4.59. The van der Waals surface area contributed by atoms with Crippen LogP contribution >= 0.6 is 0 Å². The number of hydrogen-bond acceptors (Lipinski definition) is 9. The van der Waals surface area contributed by atoms with Crippen molar-refractivity contribution < 1.29 is 28.3 Å². The van der Waals surface area contributed by atoms with E-state index in [-0.39, 0.29) is 17.7 Å². The van der Waals surface area contributed by atoms with Crippen LogP contribution in [0.1, 0.15) is 34.7 Å². The molecule has 0 spiro atoms. The number of methoxy groups -OCH3 is 3. The van der Waals surface area contributed by atoms with E-state index in [0.29, 0.717) is 60.5 Å². The smallest absolute Gasteiger partial charge is 0.253 e. The number of carbonyl (C=O) groups excluding carboxylic acids is 2. The number of carbonyl (C=O) groups is 2. The molecule has 44 heavy (non-hydrogen) atoms. The van der Waals surface area contributed by atoms with Crippen LogP contribution in [-0.4, -0.2) is 67.8 Å². The molecular weight excluding hydrogens is 562 g/mol. The number of para-hydroxylation sites is 1. The lowest BCUT2D eigenvalue weighted by Crippen LogP contribution is -2.40. The Kier molecular flexibility index (Phi) is 10.1. The van der Waals surface area contributed by atoms with Crippen LogP contribution in [0.2, 0.25) is 0 Å². The number of ether oxygens (including phenoxy) is 3. The highest BCUT2D eigenvalue weighted by Gasteiger charge is 2.28. The summed E-state index contributed by atoms with van der Waals surface area (Å²) in [5, 5.41) is 10.1. The molecule has 1 aliphatic heterocycles. The number of anilines is 1. The summed E-state index contributed by atoms with van der Waals surface area (Å²) in [4.78, 5) is 33.1. The van der Waals surface area contributed by atoms with Gasteiger partial charge in [-0.25, -0.2) is 0 Å². The van der Waals surface area contributed by atoms with Crippen molar-refractivity contribution in [2.45, 2.75) is 25.8 Å². The zero-order chi connectivity index (χ0) is 30.9. The number of piperidine rings is 1. The highest BCUT2D eigenvalue weighted by Crippen LogP contribution is 2.28. The standard InChI is InChI=1S/C33H37N5O6/c1-41-25-13-11-23(12-14-25)31-36-30(44-37-31)21-38-18-6-7-24(20-38)32(39)35-27-9-5-4-8-26(27)33(40)34-17-16-22-10-15-28(42-2)29(19-22)43-3/h4-5,8-15,19,24H,6-7,16-18,20-21H2,1-3H3,(H,34,40)(H,35,39). The number of amides is 2. The van der Waals surface area contributed by atoms with Gasteiger partial charge in [-0.2, -0.15) is 4.98 Å². The number of benzene rings is 3. The Morgan fingerprint density at radius 3 is 2.55 bits per heavy atom. The van der Waals surface area contributed by atoms with E-state index in [9.17, 15) is 9.59 Å². The molecule has 11 heteroatoms. The number of aromatic nitrogens is 2. The first-order chi connectivity index (χ1) is 21.5. The maximum Gasteiger partial charge on any atom is 0.253 e. The van der Waals surface area contributed by atoms with Crippen LogP contribution in [0.25, 0.3) is 11.4 Å². The molecule has 5 rings (SSSR count). The molecular formula is C33H37N5O6. The van der Waals surface area contributed by atoms with E-state index in [1.165, 1.54) is 0 Å². The van der Waals surface area contributed by atoms with Gasteiger partial charge in [-0.1, -0.05) is 23.4 Å². The van der Waals surface area contributed by atoms with Gasteiger partial charge in [0, 0.05) is 18.7 Å². The molecule has 1 aliphatic rings. The first-order valence-electron chi connectivity index (χ1n) is 14.6. The monoisotopic (exact) mass is 599 g/mol. The van der Waals surface area contributed by atoms with E-state index in [0.717, 1.165) is 36.3 Å². The van der Waals surface area contributed by atoms with Gasteiger partial charge in [0.2, 0.25) is 17.6 Å². The fourth-order valence-electron chi connectivity index (χ4n) is 5.26. The molecule has 0 bridgehead atoms. The fourth-order valence-corrected chi connectivity index (χ4v) is 5.26. The quantitative estimate of drug-likeness (QED) is 0.240. The molecule has 2 amide bonds. The third-order valence-electron chi connectivity index (χ3n) is 7.63. The molecule has 1 aromatic heterocycles. The van der Waals surface area contributed by atoms with Gasteiger partial charge in [0.1, 0.15) is 5.75 Å². The molecule has 230 valence electrons. The summed E-state index contributed by atoms with van der Waals surface area (Å²) in [6.45, 7) is 2.24. The fraction of sp³-hybridized carbons (Fsp3) is 0.333. The SMILES string of the molecule is COc1ccc(-c2noc(CN3CCCC(C(=O)Nc4ccccc4C(=O)NCCc4ccc(OC)c(OC)c4)C3)n2)cc1. The number of nitrogens with one attached hydrogen (secondary N) is 2. The predicted molar refractivity (Wildman–Crippen MR) is 165 cm³/mol. The molecule has 0 aliphatic carbocycles. The van der Waals surface area contributed by atoms with E-state index in [1.54, 1.807) is 45.6 Å². The van der Waals surface area contributed by atoms with Gasteiger partial charge in [0.05, 0.1) is 45.0 Å². The minimum atomic E-state index is -0.254. The van der Waals surface area contributed by atoms with Crippen LogP contribution in [0.15, 0.2) is 71.3 Å². The summed E-state index contributed by atoms with van der Waals surface area (Å²) in [6, 6.07) is 20.2. The van der Waals surface area contributed by atoms with E-state index in [4.69, 9.17) is 18.7 Å². The Balaban J connectivity index is 1.15. The molecule has 1 unspecified atom stereocenters. The Morgan fingerprint density at radius 2 is 1.77 bits per heavy atom. The normalized spacial score (nSPS) is 14.9. The van der Waals surface area contributed by atoms with Crippen LogP contribution in [0.4, 0.5) is 5.69 Å². The van der Waals surface area contributed by atoms with Crippen LogP contribution in [-0.2, 0) is 17.8 Å². The van der Waals surface area contributed by atoms with Crippen LogP contribution < -0.4 is 24.8 Å². The Labute approximate surface area is 256 Å². The molecule has 1 saturated heterocycles. The van der Waals surface area contributed by atoms with Gasteiger partial charge < -0.3 is 29.4 Å². The van der Waals surface area contributed by atoms with Crippen molar-refractivity contribution in [3.05, 3.63) is 83.7 Å². The zero-order valence-electron chi connectivity index (χ0n) is 25.2. The molecule has 4 aromatic rings. The second-order valence-corrected chi connectivity index (χ2v) is 10.5. The van der Waals surface area contributed by atoms with E-state index in [2.05, 4.69) is 25.7 Å². The lowest BCUT2D eigenvalue weighted by atomic mass is 9.96.